The summed E-state index contributed by atoms with van der Waals surface area (Å²) in [6, 6.07) is 9.56. The van der Waals surface area contributed by atoms with E-state index in [0.717, 1.165) is 25.1 Å². The summed E-state index contributed by atoms with van der Waals surface area (Å²) >= 11 is 0. The summed E-state index contributed by atoms with van der Waals surface area (Å²) in [5, 5.41) is 6.19. The van der Waals surface area contributed by atoms with E-state index < -0.39 is 0 Å². The van der Waals surface area contributed by atoms with Crippen LogP contribution in [0.15, 0.2) is 30.3 Å². The third kappa shape index (κ3) is 2.83. The zero-order chi connectivity index (χ0) is 11.4. The van der Waals surface area contributed by atoms with Gasteiger partial charge in [0.25, 0.3) is 0 Å². The minimum Gasteiger partial charge on any atom is -0.325 e. The third-order valence-corrected chi connectivity index (χ3v) is 3.02. The Morgan fingerprint density at radius 1 is 1.38 bits per heavy atom. The molecule has 16 heavy (non-hydrogen) atoms. The molecule has 1 aromatic rings. The minimum atomic E-state index is -0.0380. The Hall–Kier alpha value is -1.35. The Kier molecular flexibility index (Phi) is 3.57. The van der Waals surface area contributed by atoms with Crippen LogP contribution in [0.2, 0.25) is 0 Å². The monoisotopic (exact) mass is 218 g/mol. The van der Waals surface area contributed by atoms with Gasteiger partial charge in [-0.2, -0.15) is 0 Å². The molecule has 1 saturated heterocycles. The molecule has 2 atom stereocenters. The summed E-state index contributed by atoms with van der Waals surface area (Å²) in [4.78, 5) is 11.9. The predicted molar refractivity (Wildman–Crippen MR) is 65.3 cm³/mol. The van der Waals surface area contributed by atoms with Crippen molar-refractivity contribution in [3.05, 3.63) is 30.3 Å². The highest BCUT2D eigenvalue weighted by molar-refractivity contribution is 5.94. The SMILES string of the molecule is CC1CCNC(C(=O)Nc2ccccc2)C1. The van der Waals surface area contributed by atoms with Gasteiger partial charge in [-0.25, -0.2) is 0 Å². The van der Waals surface area contributed by atoms with Crippen LogP contribution in [0.25, 0.3) is 0 Å². The van der Waals surface area contributed by atoms with E-state index in [9.17, 15) is 4.79 Å². The molecule has 0 aromatic heterocycles. The lowest BCUT2D eigenvalue weighted by molar-refractivity contribution is -0.119. The van der Waals surface area contributed by atoms with E-state index in [1.54, 1.807) is 0 Å². The number of hydrogen-bond donors (Lipinski definition) is 2. The molecule has 0 radical (unpaired) electrons. The van der Waals surface area contributed by atoms with E-state index in [2.05, 4.69) is 17.6 Å². The van der Waals surface area contributed by atoms with Crippen LogP contribution in [0, 0.1) is 5.92 Å². The van der Waals surface area contributed by atoms with Crippen LogP contribution >= 0.6 is 0 Å². The summed E-state index contributed by atoms with van der Waals surface area (Å²) in [7, 11) is 0. The lowest BCUT2D eigenvalue weighted by atomic mass is 9.94. The van der Waals surface area contributed by atoms with Gasteiger partial charge >= 0.3 is 0 Å². The molecule has 1 aromatic carbocycles. The topological polar surface area (TPSA) is 41.1 Å². The van der Waals surface area contributed by atoms with Gasteiger partial charge < -0.3 is 10.6 Å². The summed E-state index contributed by atoms with van der Waals surface area (Å²) in [5.74, 6) is 0.713. The number of piperidine rings is 1. The van der Waals surface area contributed by atoms with Gasteiger partial charge in [-0.3, -0.25) is 4.79 Å². The van der Waals surface area contributed by atoms with Crippen molar-refractivity contribution in [3.63, 3.8) is 0 Å². The van der Waals surface area contributed by atoms with Gasteiger partial charge in [-0.1, -0.05) is 25.1 Å². The first-order chi connectivity index (χ1) is 7.75. The third-order valence-electron chi connectivity index (χ3n) is 3.02. The lowest BCUT2D eigenvalue weighted by Crippen LogP contribution is -2.45. The number of anilines is 1. The minimum absolute atomic E-state index is 0.0380. The van der Waals surface area contributed by atoms with E-state index in [1.807, 2.05) is 30.3 Å². The van der Waals surface area contributed by atoms with Crippen molar-refractivity contribution in [3.8, 4) is 0 Å². The number of benzene rings is 1. The van der Waals surface area contributed by atoms with Crippen molar-refractivity contribution in [2.24, 2.45) is 5.92 Å². The van der Waals surface area contributed by atoms with Crippen LogP contribution in [0.5, 0.6) is 0 Å². The number of carbonyl (C=O) groups excluding carboxylic acids is 1. The van der Waals surface area contributed by atoms with Gasteiger partial charge in [-0.15, -0.1) is 0 Å². The number of hydrogen-bond acceptors (Lipinski definition) is 2. The fourth-order valence-electron chi connectivity index (χ4n) is 2.06. The zero-order valence-corrected chi connectivity index (χ0v) is 9.57. The van der Waals surface area contributed by atoms with E-state index in [4.69, 9.17) is 0 Å². The Morgan fingerprint density at radius 2 is 2.12 bits per heavy atom. The number of nitrogens with one attached hydrogen (secondary N) is 2. The number of amides is 1. The molecule has 2 rings (SSSR count). The Balaban J connectivity index is 1.93. The highest BCUT2D eigenvalue weighted by Crippen LogP contribution is 2.16. The molecule has 0 aliphatic carbocycles. The number of para-hydroxylation sites is 1. The molecule has 0 spiro atoms. The molecule has 3 heteroatoms. The van der Waals surface area contributed by atoms with Crippen molar-refractivity contribution >= 4 is 11.6 Å². The highest BCUT2D eigenvalue weighted by atomic mass is 16.2. The second-order valence-electron chi connectivity index (χ2n) is 4.49. The average molecular weight is 218 g/mol. The fraction of sp³-hybridized carbons (Fsp3) is 0.462. The molecule has 1 aliphatic rings. The summed E-state index contributed by atoms with van der Waals surface area (Å²) in [6.45, 7) is 3.14. The maximum atomic E-state index is 11.9. The number of rotatable bonds is 2. The van der Waals surface area contributed by atoms with Gasteiger partial charge in [-0.05, 0) is 37.4 Å². The predicted octanol–water partition coefficient (Wildman–Crippen LogP) is 2.01. The van der Waals surface area contributed by atoms with Crippen molar-refractivity contribution in [2.75, 3.05) is 11.9 Å². The molecule has 1 heterocycles. The lowest BCUT2D eigenvalue weighted by Gasteiger charge is -2.27. The summed E-state index contributed by atoms with van der Waals surface area (Å²) < 4.78 is 0. The average Bonchev–Trinajstić information content (AvgIpc) is 2.30. The molecular weight excluding hydrogens is 200 g/mol. The van der Waals surface area contributed by atoms with Crippen molar-refractivity contribution in [1.29, 1.82) is 0 Å². The first kappa shape index (κ1) is 11.1. The molecule has 2 unspecified atom stereocenters. The summed E-state index contributed by atoms with van der Waals surface area (Å²) in [6.07, 6.45) is 2.09. The maximum Gasteiger partial charge on any atom is 0.241 e. The van der Waals surface area contributed by atoms with Crippen LogP contribution in [-0.2, 0) is 4.79 Å². The van der Waals surface area contributed by atoms with Crippen LogP contribution < -0.4 is 10.6 Å². The maximum absolute atomic E-state index is 11.9. The second-order valence-corrected chi connectivity index (χ2v) is 4.49. The smallest absolute Gasteiger partial charge is 0.241 e. The number of carbonyl (C=O) groups is 1. The van der Waals surface area contributed by atoms with Crippen LogP contribution in [0.3, 0.4) is 0 Å². The van der Waals surface area contributed by atoms with Crippen LogP contribution in [0.1, 0.15) is 19.8 Å². The standard InChI is InChI=1S/C13H18N2O/c1-10-7-8-14-12(9-10)13(16)15-11-5-3-2-4-6-11/h2-6,10,12,14H,7-9H2,1H3,(H,15,16). The van der Waals surface area contributed by atoms with Crippen LogP contribution in [-0.4, -0.2) is 18.5 Å². The molecule has 0 saturated carbocycles. The molecule has 86 valence electrons. The highest BCUT2D eigenvalue weighted by Gasteiger charge is 2.24. The van der Waals surface area contributed by atoms with Crippen molar-refractivity contribution in [2.45, 2.75) is 25.8 Å². The molecular formula is C13H18N2O. The molecule has 3 nitrogen and oxygen atoms in total. The van der Waals surface area contributed by atoms with Crippen LogP contribution in [0.4, 0.5) is 5.69 Å². The molecule has 1 fully saturated rings. The van der Waals surface area contributed by atoms with Crippen molar-refractivity contribution in [1.82, 2.24) is 5.32 Å². The van der Waals surface area contributed by atoms with Gasteiger partial charge in [0.2, 0.25) is 5.91 Å². The largest absolute Gasteiger partial charge is 0.325 e. The van der Waals surface area contributed by atoms with E-state index in [0.29, 0.717) is 5.92 Å². The normalized spacial score (nSPS) is 25.1. The molecule has 1 aliphatic heterocycles. The first-order valence-electron chi connectivity index (χ1n) is 5.85. The van der Waals surface area contributed by atoms with E-state index in [-0.39, 0.29) is 11.9 Å². The van der Waals surface area contributed by atoms with E-state index >= 15 is 0 Å². The van der Waals surface area contributed by atoms with Crippen molar-refractivity contribution < 1.29 is 4.79 Å². The van der Waals surface area contributed by atoms with Gasteiger partial charge in [0.05, 0.1) is 6.04 Å². The molecule has 2 N–H and O–H groups in total. The van der Waals surface area contributed by atoms with Gasteiger partial charge in [0.15, 0.2) is 0 Å². The Labute approximate surface area is 96.2 Å². The van der Waals surface area contributed by atoms with E-state index in [1.165, 1.54) is 0 Å². The first-order valence-corrected chi connectivity index (χ1v) is 5.85. The Morgan fingerprint density at radius 3 is 2.81 bits per heavy atom. The zero-order valence-electron chi connectivity index (χ0n) is 9.57. The van der Waals surface area contributed by atoms with Gasteiger partial charge in [0, 0.05) is 5.69 Å². The molecule has 1 amide bonds. The van der Waals surface area contributed by atoms with Gasteiger partial charge in [0.1, 0.15) is 0 Å². The summed E-state index contributed by atoms with van der Waals surface area (Å²) in [5.41, 5.74) is 0.868. The fourth-order valence-corrected chi connectivity index (χ4v) is 2.06. The molecule has 0 bridgehead atoms. The Bertz CT molecular complexity index is 350. The quantitative estimate of drug-likeness (QED) is 0.797. The second kappa shape index (κ2) is 5.12.